The summed E-state index contributed by atoms with van der Waals surface area (Å²) in [5.41, 5.74) is 7.89. The van der Waals surface area contributed by atoms with Crippen LogP contribution in [0.25, 0.3) is 21.7 Å². The first-order valence-electron chi connectivity index (χ1n) is 14.6. The molecular weight excluding hydrogens is 576 g/mol. The van der Waals surface area contributed by atoms with Crippen LogP contribution in [0.5, 0.6) is 0 Å². The smallest absolute Gasteiger partial charge is 0.262 e. The van der Waals surface area contributed by atoms with Crippen molar-refractivity contribution in [3.8, 4) is 12.1 Å². The van der Waals surface area contributed by atoms with Gasteiger partial charge in [0.05, 0.1) is 34.1 Å². The molecule has 10 nitrogen and oxygen atoms in total. The lowest BCUT2D eigenvalue weighted by Gasteiger charge is -2.25. The zero-order chi connectivity index (χ0) is 32.1. The van der Waals surface area contributed by atoms with E-state index < -0.39 is 18.0 Å². The maximum Gasteiger partial charge on any atom is 0.262 e. The van der Waals surface area contributed by atoms with Gasteiger partial charge in [0.25, 0.3) is 12.0 Å². The Morgan fingerprint density at radius 1 is 1.09 bits per heavy atom. The number of pyridine rings is 2. The summed E-state index contributed by atoms with van der Waals surface area (Å²) in [6.45, 7) is 6.79. The number of aromatic nitrogens is 2. The largest absolute Gasteiger partial charge is 0.383 e. The highest BCUT2D eigenvalue weighted by Gasteiger charge is 2.56. The van der Waals surface area contributed by atoms with Crippen LogP contribution >= 0.6 is 0 Å². The molecule has 2 aromatic carbocycles. The molecule has 12 heteroatoms. The maximum atomic E-state index is 14.0. The Bertz CT molecular complexity index is 1990. The Labute approximate surface area is 258 Å². The molecule has 1 atom stereocenters. The molecule has 2 aliphatic rings. The van der Waals surface area contributed by atoms with Crippen molar-refractivity contribution >= 4 is 33.1 Å². The average Bonchev–Trinajstić information content (AvgIpc) is 3.69. The fourth-order valence-corrected chi connectivity index (χ4v) is 5.65. The number of hydrazine groups is 2. The molecule has 1 aliphatic heterocycles. The van der Waals surface area contributed by atoms with Gasteiger partial charge in [-0.1, -0.05) is 32.9 Å². The first kappa shape index (κ1) is 29.9. The fourth-order valence-electron chi connectivity index (χ4n) is 5.65. The Morgan fingerprint density at radius 3 is 2.51 bits per heavy atom. The van der Waals surface area contributed by atoms with Crippen LogP contribution < -0.4 is 27.2 Å². The highest BCUT2D eigenvalue weighted by Crippen LogP contribution is 2.47. The minimum absolute atomic E-state index is 0.0939. The van der Waals surface area contributed by atoms with Gasteiger partial charge in [0.2, 0.25) is 0 Å². The topological polar surface area (TPSA) is 134 Å². The van der Waals surface area contributed by atoms with Crippen LogP contribution in [0.3, 0.4) is 0 Å². The molecule has 3 heterocycles. The van der Waals surface area contributed by atoms with E-state index in [1.54, 1.807) is 37.6 Å². The number of anilines is 2. The van der Waals surface area contributed by atoms with Crippen LogP contribution in [0.2, 0.25) is 0 Å². The van der Waals surface area contributed by atoms with Gasteiger partial charge in [-0.3, -0.25) is 14.8 Å². The number of benzene rings is 2. The summed E-state index contributed by atoms with van der Waals surface area (Å²) in [6, 6.07) is 14.5. The minimum Gasteiger partial charge on any atom is -0.383 e. The third-order valence-corrected chi connectivity index (χ3v) is 8.33. The second-order valence-corrected chi connectivity index (χ2v) is 12.8. The number of alkyl halides is 2. The molecule has 0 spiro atoms. The minimum atomic E-state index is -2.55. The normalized spacial score (nSPS) is 16.2. The van der Waals surface area contributed by atoms with Gasteiger partial charge in [-0.25, -0.2) is 8.78 Å². The molecule has 0 amide bonds. The Kier molecular flexibility index (Phi) is 7.34. The SMILES string of the molecule is Cn1ccc2c([C@H](Nc3cc(C#N)c4ncc(C#N)c(NCC(C)(C)C)c4c3)C3=CN(C4(C(F)F)CC4)NN3)cccc2c1=O. The summed E-state index contributed by atoms with van der Waals surface area (Å²) in [6.07, 6.45) is 2.93. The summed E-state index contributed by atoms with van der Waals surface area (Å²) >= 11 is 0. The van der Waals surface area contributed by atoms with Crippen molar-refractivity contribution in [2.75, 3.05) is 17.2 Å². The molecule has 230 valence electrons. The third-order valence-electron chi connectivity index (χ3n) is 8.33. The molecule has 0 unspecified atom stereocenters. The number of halogens is 2. The lowest BCUT2D eigenvalue weighted by Crippen LogP contribution is -2.48. The third kappa shape index (κ3) is 5.38. The molecule has 4 aromatic rings. The molecule has 45 heavy (non-hydrogen) atoms. The summed E-state index contributed by atoms with van der Waals surface area (Å²) in [5.74, 6) is 0. The molecule has 0 radical (unpaired) electrons. The van der Waals surface area contributed by atoms with Crippen molar-refractivity contribution in [3.05, 3.63) is 87.7 Å². The predicted octanol–water partition coefficient (Wildman–Crippen LogP) is 5.41. The Hall–Kier alpha value is -5.20. The first-order valence-corrected chi connectivity index (χ1v) is 14.6. The second kappa shape index (κ2) is 11.1. The van der Waals surface area contributed by atoms with E-state index in [0.717, 1.165) is 5.56 Å². The molecule has 0 bridgehead atoms. The van der Waals surface area contributed by atoms with E-state index in [1.165, 1.54) is 15.8 Å². The summed E-state index contributed by atoms with van der Waals surface area (Å²) < 4.78 is 29.6. The highest BCUT2D eigenvalue weighted by molar-refractivity contribution is 5.99. The number of rotatable bonds is 8. The van der Waals surface area contributed by atoms with Gasteiger partial charge < -0.3 is 20.6 Å². The van der Waals surface area contributed by atoms with Gasteiger partial charge >= 0.3 is 0 Å². The lowest BCUT2D eigenvalue weighted by molar-refractivity contribution is 0.00911. The average molecular weight is 610 g/mol. The zero-order valence-electron chi connectivity index (χ0n) is 25.4. The summed E-state index contributed by atoms with van der Waals surface area (Å²) in [4.78, 5) is 17.5. The van der Waals surface area contributed by atoms with Crippen molar-refractivity contribution in [1.29, 1.82) is 10.5 Å². The lowest BCUT2D eigenvalue weighted by atomic mass is 9.96. The quantitative estimate of drug-likeness (QED) is 0.207. The summed E-state index contributed by atoms with van der Waals surface area (Å²) in [5, 5.41) is 30.1. The van der Waals surface area contributed by atoms with Gasteiger partial charge in [0.1, 0.15) is 17.7 Å². The first-order chi connectivity index (χ1) is 21.5. The van der Waals surface area contributed by atoms with Crippen LogP contribution in [-0.4, -0.2) is 33.1 Å². The number of nitrogens with zero attached hydrogens (tertiary/aromatic N) is 5. The van der Waals surface area contributed by atoms with Crippen molar-refractivity contribution in [2.24, 2.45) is 12.5 Å². The van der Waals surface area contributed by atoms with Crippen LogP contribution in [0, 0.1) is 28.1 Å². The van der Waals surface area contributed by atoms with E-state index in [4.69, 9.17) is 0 Å². The van der Waals surface area contributed by atoms with Crippen LogP contribution in [-0.2, 0) is 7.05 Å². The van der Waals surface area contributed by atoms with Crippen LogP contribution in [0.15, 0.2) is 65.5 Å². The number of fused-ring (bicyclic) bond motifs is 2. The molecule has 1 saturated carbocycles. The molecule has 2 aromatic heterocycles. The zero-order valence-corrected chi connectivity index (χ0v) is 25.4. The number of nitriles is 2. The predicted molar refractivity (Wildman–Crippen MR) is 169 cm³/mol. The van der Waals surface area contributed by atoms with E-state index >= 15 is 0 Å². The van der Waals surface area contributed by atoms with Gasteiger partial charge in [-0.15, -0.1) is 5.53 Å². The van der Waals surface area contributed by atoms with E-state index in [2.05, 4.69) is 59.5 Å². The molecule has 0 saturated heterocycles. The van der Waals surface area contributed by atoms with Crippen molar-refractivity contribution in [1.82, 2.24) is 25.5 Å². The van der Waals surface area contributed by atoms with E-state index in [9.17, 15) is 24.1 Å². The number of hydrogen-bond acceptors (Lipinski definition) is 9. The van der Waals surface area contributed by atoms with Crippen LogP contribution in [0.4, 0.5) is 20.2 Å². The van der Waals surface area contributed by atoms with E-state index in [-0.39, 0.29) is 11.0 Å². The van der Waals surface area contributed by atoms with Gasteiger partial charge in [-0.05, 0) is 53.5 Å². The van der Waals surface area contributed by atoms with Crippen molar-refractivity contribution < 1.29 is 8.78 Å². The maximum absolute atomic E-state index is 14.0. The van der Waals surface area contributed by atoms with Crippen molar-refractivity contribution in [2.45, 2.75) is 51.6 Å². The Balaban J connectivity index is 1.51. The molecular formula is C33H33F2N9O. The monoisotopic (exact) mass is 609 g/mol. The van der Waals surface area contributed by atoms with Crippen LogP contribution in [0.1, 0.15) is 56.3 Å². The molecule has 4 N–H and O–H groups in total. The van der Waals surface area contributed by atoms with Gasteiger partial charge in [0, 0.05) is 48.6 Å². The van der Waals surface area contributed by atoms with Gasteiger partial charge in [-0.2, -0.15) is 10.5 Å². The fraction of sp³-hybridized carbons (Fsp3) is 0.333. The standard InChI is InChI=1S/C33H33F2N9O/c1-32(2,3)18-39-28-20(15-37)16-38-27-19(14-36)12-21(13-25(27)28)40-29(26-17-44(42-41-26)33(9-10-33)31(34)35)23-6-5-7-24-22(23)8-11-43(4)30(24)45/h5-8,11-13,16-17,29,31,40-42H,9-10,18H2,1-4H3,(H,38,39)/t29-/m0/s1. The molecule has 1 aliphatic carbocycles. The molecule has 1 fully saturated rings. The van der Waals surface area contributed by atoms with E-state index in [1.807, 2.05) is 18.2 Å². The summed E-state index contributed by atoms with van der Waals surface area (Å²) in [7, 11) is 1.68. The Morgan fingerprint density at radius 2 is 1.84 bits per heavy atom. The molecule has 6 rings (SSSR count). The number of aryl methyl sites for hydroxylation is 1. The highest BCUT2D eigenvalue weighted by atomic mass is 19.3. The van der Waals surface area contributed by atoms with Crippen molar-refractivity contribution in [3.63, 3.8) is 0 Å². The van der Waals surface area contributed by atoms with E-state index in [0.29, 0.717) is 69.3 Å². The number of nitrogens with one attached hydrogen (secondary N) is 4. The van der Waals surface area contributed by atoms with Gasteiger partial charge in [0.15, 0.2) is 0 Å². The second-order valence-electron chi connectivity index (χ2n) is 12.8. The number of hydrogen-bond donors (Lipinski definition) is 4.